The summed E-state index contributed by atoms with van der Waals surface area (Å²) >= 11 is 0. The number of hydrogen-bond donors (Lipinski definition) is 3. The average Bonchev–Trinajstić information content (AvgIpc) is 3.19. The van der Waals surface area contributed by atoms with E-state index < -0.39 is 11.9 Å². The molecule has 0 aliphatic rings. The van der Waals surface area contributed by atoms with Crippen molar-refractivity contribution in [2.24, 2.45) is 0 Å². The highest BCUT2D eigenvalue weighted by Gasteiger charge is 2.12. The van der Waals surface area contributed by atoms with E-state index in [1.165, 1.54) is 6.07 Å². The minimum atomic E-state index is -1.28. The summed E-state index contributed by atoms with van der Waals surface area (Å²) in [7, 11) is 0.500. The van der Waals surface area contributed by atoms with Gasteiger partial charge in [0.15, 0.2) is 12.0 Å². The van der Waals surface area contributed by atoms with Crippen LogP contribution >= 0.6 is 0 Å². The Morgan fingerprint density at radius 3 is 1.77 bits per heavy atom. The Hall–Kier alpha value is -2.94. The molecule has 22 heavy (non-hydrogen) atoms. The largest absolute Gasteiger partial charge is 0.475 e. The van der Waals surface area contributed by atoms with Gasteiger partial charge >= 0.3 is 11.9 Å². The second-order valence-electron chi connectivity index (χ2n) is 3.35. The van der Waals surface area contributed by atoms with Crippen LogP contribution in [0.25, 0.3) is 0 Å². The molecule has 2 heterocycles. The lowest BCUT2D eigenvalue weighted by atomic mass is 10.4. The van der Waals surface area contributed by atoms with Gasteiger partial charge in [-0.05, 0) is 24.3 Å². The van der Waals surface area contributed by atoms with Crippen molar-refractivity contribution in [3.05, 3.63) is 47.3 Å². The third-order valence-corrected chi connectivity index (χ3v) is 1.98. The van der Waals surface area contributed by atoms with Crippen molar-refractivity contribution in [2.75, 3.05) is 7.18 Å². The molecule has 0 fully saturated rings. The Labute approximate surface area is 123 Å². The number of hydrogen-bond acceptors (Lipinski definition) is 6. The molecule has 0 unspecified atom stereocenters. The maximum atomic E-state index is 10.2. The number of carbonyl (C=O) groups excluding carboxylic acids is 1. The standard InChI is InChI=1S/C6H4O5.C6H6O3.CH3F/c7-5(8)3-1-2-4(11-3)6(9)10;7-3-5-1-2-6(4-8)9-5;1-2/h1-2H,(H,7,8)(H,9,10);1-3,8H,4H2;1H3. The number of carboxylic acids is 2. The van der Waals surface area contributed by atoms with E-state index in [-0.39, 0.29) is 23.9 Å². The molecule has 0 aromatic carbocycles. The fourth-order valence-electron chi connectivity index (χ4n) is 1.11. The molecule has 8 nitrogen and oxygen atoms in total. The molecule has 0 aliphatic heterocycles. The first kappa shape index (κ1) is 19.1. The van der Waals surface area contributed by atoms with Crippen molar-refractivity contribution in [2.45, 2.75) is 6.61 Å². The summed E-state index contributed by atoms with van der Waals surface area (Å²) < 4.78 is 18.7. The Morgan fingerprint density at radius 2 is 1.55 bits per heavy atom. The van der Waals surface area contributed by atoms with Gasteiger partial charge in [0.05, 0.1) is 7.18 Å². The van der Waals surface area contributed by atoms with E-state index in [2.05, 4.69) is 4.42 Å². The van der Waals surface area contributed by atoms with Gasteiger partial charge in [-0.2, -0.15) is 0 Å². The Balaban J connectivity index is 0.000000366. The minimum Gasteiger partial charge on any atom is -0.475 e. The first-order valence-corrected chi connectivity index (χ1v) is 5.57. The second kappa shape index (κ2) is 9.88. The number of aliphatic hydroxyl groups excluding tert-OH is 1. The van der Waals surface area contributed by atoms with Gasteiger partial charge in [0.2, 0.25) is 11.5 Å². The van der Waals surface area contributed by atoms with Gasteiger partial charge < -0.3 is 24.2 Å². The van der Waals surface area contributed by atoms with Crippen LogP contribution in [0, 0.1) is 0 Å². The molecule has 0 spiro atoms. The Bertz CT molecular complexity index is 585. The van der Waals surface area contributed by atoms with Crippen molar-refractivity contribution in [3.63, 3.8) is 0 Å². The van der Waals surface area contributed by atoms with E-state index in [4.69, 9.17) is 19.7 Å². The van der Waals surface area contributed by atoms with E-state index in [9.17, 15) is 18.8 Å². The highest BCUT2D eigenvalue weighted by Crippen LogP contribution is 2.07. The van der Waals surface area contributed by atoms with Crippen molar-refractivity contribution in [1.29, 1.82) is 0 Å². The van der Waals surface area contributed by atoms with Crippen LogP contribution < -0.4 is 0 Å². The van der Waals surface area contributed by atoms with Gasteiger partial charge in [0.1, 0.15) is 12.4 Å². The summed E-state index contributed by atoms with van der Waals surface area (Å²) in [6, 6.07) is 5.25. The Morgan fingerprint density at radius 1 is 1.05 bits per heavy atom. The van der Waals surface area contributed by atoms with Crippen LogP contribution in [0.3, 0.4) is 0 Å². The van der Waals surface area contributed by atoms with Crippen LogP contribution in [0.5, 0.6) is 0 Å². The molecular formula is C13H13FO8. The fraction of sp³-hybridized carbons (Fsp3) is 0.154. The van der Waals surface area contributed by atoms with E-state index >= 15 is 0 Å². The molecule has 0 saturated carbocycles. The number of rotatable bonds is 4. The van der Waals surface area contributed by atoms with Gasteiger partial charge in [-0.1, -0.05) is 0 Å². The molecule has 9 heteroatoms. The molecule has 0 amide bonds. The minimum absolute atomic E-state index is 0.159. The number of carbonyl (C=O) groups is 3. The molecule has 0 bridgehead atoms. The molecule has 0 saturated heterocycles. The van der Waals surface area contributed by atoms with Crippen molar-refractivity contribution in [1.82, 2.24) is 0 Å². The number of furan rings is 2. The second-order valence-corrected chi connectivity index (χ2v) is 3.35. The zero-order valence-electron chi connectivity index (χ0n) is 11.4. The van der Waals surface area contributed by atoms with Crippen molar-refractivity contribution >= 4 is 18.2 Å². The zero-order chi connectivity index (χ0) is 17.1. The highest BCUT2D eigenvalue weighted by atomic mass is 19.1. The van der Waals surface area contributed by atoms with Crippen LogP contribution in [-0.4, -0.2) is 40.7 Å². The monoisotopic (exact) mass is 316 g/mol. The maximum Gasteiger partial charge on any atom is 0.371 e. The lowest BCUT2D eigenvalue weighted by Crippen LogP contribution is -1.94. The molecule has 2 aromatic heterocycles. The number of alkyl halides is 1. The number of aliphatic hydroxyl groups is 1. The van der Waals surface area contributed by atoms with Crippen molar-refractivity contribution < 1.29 is 42.9 Å². The first-order valence-electron chi connectivity index (χ1n) is 5.57. The lowest BCUT2D eigenvalue weighted by molar-refractivity contribution is 0.0631. The van der Waals surface area contributed by atoms with E-state index in [1.54, 1.807) is 6.07 Å². The number of carboxylic acid groups (broad SMARTS) is 2. The van der Waals surface area contributed by atoms with Crippen LogP contribution in [0.2, 0.25) is 0 Å². The third-order valence-electron chi connectivity index (χ3n) is 1.98. The summed E-state index contributed by atoms with van der Waals surface area (Å²) in [6.45, 7) is -0.159. The van der Waals surface area contributed by atoms with E-state index in [0.717, 1.165) is 12.1 Å². The average molecular weight is 316 g/mol. The smallest absolute Gasteiger partial charge is 0.371 e. The van der Waals surface area contributed by atoms with E-state index in [1.807, 2.05) is 0 Å². The van der Waals surface area contributed by atoms with Crippen molar-refractivity contribution in [3.8, 4) is 0 Å². The molecular weight excluding hydrogens is 303 g/mol. The number of aromatic carboxylic acids is 2. The normalized spacial score (nSPS) is 8.86. The molecule has 0 atom stereocenters. The number of aldehydes is 1. The summed E-state index contributed by atoms with van der Waals surface area (Å²) in [5, 5.41) is 25.0. The predicted octanol–water partition coefficient (Wildman–Crippen LogP) is 1.85. The van der Waals surface area contributed by atoms with Crippen LogP contribution in [0.4, 0.5) is 4.39 Å². The highest BCUT2D eigenvalue weighted by molar-refractivity contribution is 5.88. The quantitative estimate of drug-likeness (QED) is 0.726. The van der Waals surface area contributed by atoms with Crippen LogP contribution in [0.1, 0.15) is 37.4 Å². The Kier molecular flexibility index (Phi) is 8.56. The van der Waals surface area contributed by atoms with Gasteiger partial charge in [-0.25, -0.2) is 9.59 Å². The summed E-state index contributed by atoms with van der Waals surface area (Å²) in [5.74, 6) is -2.64. The van der Waals surface area contributed by atoms with Gasteiger partial charge in [0, 0.05) is 0 Å². The first-order chi connectivity index (χ1) is 10.5. The number of halogens is 1. The molecule has 2 aromatic rings. The topological polar surface area (TPSA) is 138 Å². The molecule has 0 aliphatic carbocycles. The summed E-state index contributed by atoms with van der Waals surface area (Å²) in [5.41, 5.74) is 0. The molecule has 0 radical (unpaired) electrons. The predicted molar refractivity (Wildman–Crippen MR) is 69.7 cm³/mol. The van der Waals surface area contributed by atoms with E-state index in [0.29, 0.717) is 19.2 Å². The maximum absolute atomic E-state index is 10.2. The molecule has 3 N–H and O–H groups in total. The SMILES string of the molecule is CF.O=C(O)c1ccc(C(=O)O)o1.O=Cc1ccc(CO)o1. The van der Waals surface area contributed by atoms with Crippen LogP contribution in [0.15, 0.2) is 33.1 Å². The van der Waals surface area contributed by atoms with Gasteiger partial charge in [-0.3, -0.25) is 9.18 Å². The summed E-state index contributed by atoms with van der Waals surface area (Å²) in [4.78, 5) is 30.3. The summed E-state index contributed by atoms with van der Waals surface area (Å²) in [6.07, 6.45) is 0.596. The molecule has 120 valence electrons. The fourth-order valence-corrected chi connectivity index (χ4v) is 1.11. The van der Waals surface area contributed by atoms with Gasteiger partial charge in [0.25, 0.3) is 0 Å². The van der Waals surface area contributed by atoms with Gasteiger partial charge in [-0.15, -0.1) is 0 Å². The zero-order valence-corrected chi connectivity index (χ0v) is 11.4. The lowest BCUT2D eigenvalue weighted by Gasteiger charge is -1.84. The molecule has 2 rings (SSSR count). The van der Waals surface area contributed by atoms with Crippen LogP contribution in [-0.2, 0) is 6.61 Å². The third kappa shape index (κ3) is 6.01.